The minimum Gasteiger partial charge on any atom is -0.481 e. The number of carboxylic acids is 1. The van der Waals surface area contributed by atoms with E-state index in [-0.39, 0.29) is 6.04 Å². The van der Waals surface area contributed by atoms with E-state index in [2.05, 4.69) is 37.2 Å². The first-order valence-corrected chi connectivity index (χ1v) is 6.45. The molecule has 1 rings (SSSR count). The van der Waals surface area contributed by atoms with Crippen molar-refractivity contribution in [2.75, 3.05) is 5.32 Å². The van der Waals surface area contributed by atoms with Crippen LogP contribution in [0.2, 0.25) is 0 Å². The molecule has 3 nitrogen and oxygen atoms in total. The molecular weight excluding hydrogens is 338 g/mol. The van der Waals surface area contributed by atoms with E-state index in [1.165, 1.54) is 0 Å². The molecule has 16 heavy (non-hydrogen) atoms. The van der Waals surface area contributed by atoms with Crippen molar-refractivity contribution in [3.63, 3.8) is 0 Å². The summed E-state index contributed by atoms with van der Waals surface area (Å²) in [7, 11) is 0. The largest absolute Gasteiger partial charge is 0.481 e. The summed E-state index contributed by atoms with van der Waals surface area (Å²) in [4.78, 5) is 10.8. The van der Waals surface area contributed by atoms with E-state index in [0.29, 0.717) is 0 Å². The van der Waals surface area contributed by atoms with Crippen LogP contribution >= 0.6 is 31.9 Å². The molecule has 0 spiro atoms. The van der Waals surface area contributed by atoms with E-state index >= 15 is 0 Å². The first-order valence-electron chi connectivity index (χ1n) is 4.86. The summed E-state index contributed by atoms with van der Waals surface area (Å²) in [6.45, 7) is 3.54. The maximum atomic E-state index is 10.8. The molecule has 1 aromatic carbocycles. The molecule has 88 valence electrons. The smallest absolute Gasteiger partial charge is 0.308 e. The molecule has 0 radical (unpaired) electrons. The maximum absolute atomic E-state index is 10.8. The van der Waals surface area contributed by atoms with Crippen LogP contribution in [-0.2, 0) is 4.79 Å². The zero-order valence-electron chi connectivity index (χ0n) is 9.00. The quantitative estimate of drug-likeness (QED) is 0.869. The molecule has 0 aliphatic heterocycles. The van der Waals surface area contributed by atoms with Crippen molar-refractivity contribution in [1.82, 2.24) is 0 Å². The summed E-state index contributed by atoms with van der Waals surface area (Å²) in [6.07, 6.45) is 0. The molecular formula is C11H13Br2NO2. The molecule has 0 fully saturated rings. The van der Waals surface area contributed by atoms with E-state index in [9.17, 15) is 4.79 Å². The number of anilines is 1. The second kappa shape index (κ2) is 5.68. The Labute approximate surface area is 111 Å². The van der Waals surface area contributed by atoms with Crippen LogP contribution in [0.1, 0.15) is 13.8 Å². The number of rotatable bonds is 4. The van der Waals surface area contributed by atoms with Gasteiger partial charge < -0.3 is 10.4 Å². The standard InChI is InChI=1S/C11H13Br2NO2/c1-6(11(15)16)7(2)14-10-4-3-8(12)5-9(10)13/h3-7,14H,1-2H3,(H,15,16). The fraction of sp³-hybridized carbons (Fsp3) is 0.364. The molecule has 1 aromatic rings. The summed E-state index contributed by atoms with van der Waals surface area (Å²) in [6, 6.07) is 5.60. The second-order valence-electron chi connectivity index (χ2n) is 3.68. The Hall–Kier alpha value is -0.550. The van der Waals surface area contributed by atoms with Crippen LogP contribution in [0.3, 0.4) is 0 Å². The zero-order valence-corrected chi connectivity index (χ0v) is 12.2. The first-order chi connectivity index (χ1) is 7.41. The van der Waals surface area contributed by atoms with Gasteiger partial charge in [0.15, 0.2) is 0 Å². The number of carbonyl (C=O) groups is 1. The molecule has 5 heteroatoms. The Bertz CT molecular complexity index is 396. The summed E-state index contributed by atoms with van der Waals surface area (Å²) in [5.41, 5.74) is 0.892. The average Bonchev–Trinajstić information content (AvgIpc) is 2.20. The van der Waals surface area contributed by atoms with Gasteiger partial charge >= 0.3 is 5.97 Å². The molecule has 2 N–H and O–H groups in total. The lowest BCUT2D eigenvalue weighted by Gasteiger charge is -2.20. The van der Waals surface area contributed by atoms with Crippen molar-refractivity contribution in [2.45, 2.75) is 19.9 Å². The third-order valence-electron chi connectivity index (χ3n) is 2.45. The average molecular weight is 351 g/mol. The SMILES string of the molecule is CC(Nc1ccc(Br)cc1Br)C(C)C(=O)O. The minimum atomic E-state index is -0.798. The van der Waals surface area contributed by atoms with Gasteiger partial charge in [-0.15, -0.1) is 0 Å². The van der Waals surface area contributed by atoms with Gasteiger partial charge in [-0.25, -0.2) is 0 Å². The molecule has 0 bridgehead atoms. The normalized spacial score (nSPS) is 14.2. The Morgan fingerprint density at radius 3 is 2.50 bits per heavy atom. The molecule has 2 unspecified atom stereocenters. The lowest BCUT2D eigenvalue weighted by molar-refractivity contribution is -0.141. The van der Waals surface area contributed by atoms with Crippen LogP contribution in [0, 0.1) is 5.92 Å². The minimum absolute atomic E-state index is 0.130. The van der Waals surface area contributed by atoms with Crippen LogP contribution in [-0.4, -0.2) is 17.1 Å². The number of nitrogens with one attached hydrogen (secondary N) is 1. The number of aliphatic carboxylic acids is 1. The number of carboxylic acid groups (broad SMARTS) is 1. The maximum Gasteiger partial charge on any atom is 0.308 e. The van der Waals surface area contributed by atoms with Crippen molar-refractivity contribution in [1.29, 1.82) is 0 Å². The number of benzene rings is 1. The van der Waals surface area contributed by atoms with E-state index in [1.807, 2.05) is 25.1 Å². The molecule has 0 saturated carbocycles. The fourth-order valence-corrected chi connectivity index (χ4v) is 2.35. The van der Waals surface area contributed by atoms with Gasteiger partial charge in [0, 0.05) is 20.7 Å². The monoisotopic (exact) mass is 349 g/mol. The predicted molar refractivity (Wildman–Crippen MR) is 71.7 cm³/mol. The van der Waals surface area contributed by atoms with Crippen molar-refractivity contribution < 1.29 is 9.90 Å². The van der Waals surface area contributed by atoms with Crippen LogP contribution < -0.4 is 5.32 Å². The Morgan fingerprint density at radius 2 is 2.00 bits per heavy atom. The highest BCUT2D eigenvalue weighted by Crippen LogP contribution is 2.27. The molecule has 0 saturated heterocycles. The lowest BCUT2D eigenvalue weighted by atomic mass is 10.0. The third-order valence-corrected chi connectivity index (χ3v) is 3.60. The van der Waals surface area contributed by atoms with E-state index in [1.54, 1.807) is 6.92 Å². The Balaban J connectivity index is 2.77. The Kier molecular flexibility index (Phi) is 4.80. The number of hydrogen-bond acceptors (Lipinski definition) is 2. The summed E-state index contributed by atoms with van der Waals surface area (Å²) in [5, 5.41) is 12.1. The molecule has 0 aromatic heterocycles. The zero-order chi connectivity index (χ0) is 12.3. The van der Waals surface area contributed by atoms with Gasteiger partial charge in [0.05, 0.1) is 5.92 Å². The van der Waals surface area contributed by atoms with Crippen LogP contribution in [0.15, 0.2) is 27.1 Å². The second-order valence-corrected chi connectivity index (χ2v) is 5.45. The van der Waals surface area contributed by atoms with Crippen LogP contribution in [0.4, 0.5) is 5.69 Å². The van der Waals surface area contributed by atoms with E-state index in [0.717, 1.165) is 14.6 Å². The van der Waals surface area contributed by atoms with E-state index < -0.39 is 11.9 Å². The van der Waals surface area contributed by atoms with E-state index in [4.69, 9.17) is 5.11 Å². The summed E-state index contributed by atoms with van der Waals surface area (Å²) in [5.74, 6) is -1.23. The van der Waals surface area contributed by atoms with Gasteiger partial charge in [-0.1, -0.05) is 15.9 Å². The fourth-order valence-electron chi connectivity index (χ4n) is 1.19. The number of hydrogen-bond donors (Lipinski definition) is 2. The highest BCUT2D eigenvalue weighted by Gasteiger charge is 2.19. The number of halogens is 2. The summed E-state index contributed by atoms with van der Waals surface area (Å²) < 4.78 is 1.88. The highest BCUT2D eigenvalue weighted by atomic mass is 79.9. The topological polar surface area (TPSA) is 49.3 Å². The Morgan fingerprint density at radius 1 is 1.38 bits per heavy atom. The molecule has 0 aliphatic carbocycles. The van der Waals surface area contributed by atoms with Crippen molar-refractivity contribution in [3.05, 3.63) is 27.1 Å². The van der Waals surface area contributed by atoms with Gasteiger partial charge in [-0.05, 0) is 48.0 Å². The van der Waals surface area contributed by atoms with Gasteiger partial charge in [0.2, 0.25) is 0 Å². The first kappa shape index (κ1) is 13.5. The van der Waals surface area contributed by atoms with Gasteiger partial charge in [0.25, 0.3) is 0 Å². The third kappa shape index (κ3) is 3.49. The van der Waals surface area contributed by atoms with Crippen LogP contribution in [0.5, 0.6) is 0 Å². The predicted octanol–water partition coefficient (Wildman–Crippen LogP) is 3.73. The molecule has 0 heterocycles. The summed E-state index contributed by atoms with van der Waals surface area (Å²) >= 11 is 6.78. The van der Waals surface area contributed by atoms with Gasteiger partial charge in [-0.2, -0.15) is 0 Å². The molecule has 0 amide bonds. The van der Waals surface area contributed by atoms with Crippen molar-refractivity contribution in [3.8, 4) is 0 Å². The molecule has 0 aliphatic rings. The van der Waals surface area contributed by atoms with Crippen LogP contribution in [0.25, 0.3) is 0 Å². The lowest BCUT2D eigenvalue weighted by Crippen LogP contribution is -2.29. The highest BCUT2D eigenvalue weighted by molar-refractivity contribution is 9.11. The van der Waals surface area contributed by atoms with Crippen molar-refractivity contribution >= 4 is 43.5 Å². The van der Waals surface area contributed by atoms with Gasteiger partial charge in [0.1, 0.15) is 0 Å². The van der Waals surface area contributed by atoms with Gasteiger partial charge in [-0.3, -0.25) is 4.79 Å². The molecule has 2 atom stereocenters. The van der Waals surface area contributed by atoms with Crippen molar-refractivity contribution in [2.24, 2.45) is 5.92 Å².